The van der Waals surface area contributed by atoms with Crippen LogP contribution in [0.4, 0.5) is 0 Å². The SMILES string of the molecule is CCOc1ccc(C=NNC(=O)c2cccnc2Cl)cc1OC. The largest absolute Gasteiger partial charge is 0.493 e. The third-order valence-electron chi connectivity index (χ3n) is 2.87. The van der Waals surface area contributed by atoms with Crippen LogP contribution in [0.15, 0.2) is 41.6 Å². The van der Waals surface area contributed by atoms with Gasteiger partial charge in [0.2, 0.25) is 0 Å². The standard InChI is InChI=1S/C16H16ClN3O3/c1-3-23-13-7-6-11(9-14(13)22-2)10-19-20-16(21)12-5-4-8-18-15(12)17/h4-10H,3H2,1-2H3,(H,20,21). The van der Waals surface area contributed by atoms with Crippen molar-refractivity contribution in [2.75, 3.05) is 13.7 Å². The number of methoxy groups -OCH3 is 1. The molecule has 2 rings (SSSR count). The van der Waals surface area contributed by atoms with Crippen LogP contribution in [0, 0.1) is 0 Å². The van der Waals surface area contributed by atoms with Crippen LogP contribution in [0.3, 0.4) is 0 Å². The third-order valence-corrected chi connectivity index (χ3v) is 3.17. The minimum Gasteiger partial charge on any atom is -0.493 e. The summed E-state index contributed by atoms with van der Waals surface area (Å²) in [5.41, 5.74) is 3.41. The van der Waals surface area contributed by atoms with Crippen molar-refractivity contribution >= 4 is 23.7 Å². The first-order valence-electron chi connectivity index (χ1n) is 6.90. The lowest BCUT2D eigenvalue weighted by molar-refractivity contribution is 0.0955. The maximum absolute atomic E-state index is 11.9. The third kappa shape index (κ3) is 4.43. The van der Waals surface area contributed by atoms with Crippen molar-refractivity contribution in [1.29, 1.82) is 0 Å². The number of hydrogen-bond acceptors (Lipinski definition) is 5. The summed E-state index contributed by atoms with van der Waals surface area (Å²) in [7, 11) is 1.56. The number of halogens is 1. The molecule has 0 radical (unpaired) electrons. The van der Waals surface area contributed by atoms with E-state index in [9.17, 15) is 4.79 Å². The normalized spacial score (nSPS) is 10.6. The van der Waals surface area contributed by atoms with E-state index in [1.54, 1.807) is 37.4 Å². The molecule has 1 heterocycles. The Labute approximate surface area is 139 Å². The second-order valence-electron chi connectivity index (χ2n) is 4.38. The molecule has 0 aliphatic heterocycles. The fourth-order valence-electron chi connectivity index (χ4n) is 1.82. The van der Waals surface area contributed by atoms with Gasteiger partial charge in [0, 0.05) is 6.20 Å². The first-order valence-corrected chi connectivity index (χ1v) is 7.28. The molecule has 7 heteroatoms. The molecule has 1 amide bonds. The van der Waals surface area contributed by atoms with E-state index in [2.05, 4.69) is 15.5 Å². The molecule has 0 unspecified atom stereocenters. The molecule has 1 N–H and O–H groups in total. The second kappa shape index (κ2) is 8.14. The smallest absolute Gasteiger partial charge is 0.274 e. The highest BCUT2D eigenvalue weighted by molar-refractivity contribution is 6.32. The highest BCUT2D eigenvalue weighted by atomic mass is 35.5. The average Bonchev–Trinajstić information content (AvgIpc) is 2.56. The molecule has 0 saturated carbocycles. The molecule has 0 spiro atoms. The first kappa shape index (κ1) is 16.8. The van der Waals surface area contributed by atoms with Gasteiger partial charge in [-0.2, -0.15) is 5.10 Å². The monoisotopic (exact) mass is 333 g/mol. The first-order chi connectivity index (χ1) is 11.2. The van der Waals surface area contributed by atoms with E-state index in [4.69, 9.17) is 21.1 Å². The van der Waals surface area contributed by atoms with Crippen LogP contribution in [0.5, 0.6) is 11.5 Å². The highest BCUT2D eigenvalue weighted by Crippen LogP contribution is 2.27. The molecule has 6 nitrogen and oxygen atoms in total. The molecule has 0 atom stereocenters. The van der Waals surface area contributed by atoms with Crippen molar-refractivity contribution in [2.24, 2.45) is 5.10 Å². The van der Waals surface area contributed by atoms with Crippen LogP contribution in [0.2, 0.25) is 5.15 Å². The summed E-state index contributed by atoms with van der Waals surface area (Å²) in [6, 6.07) is 8.54. The second-order valence-corrected chi connectivity index (χ2v) is 4.74. The molecular weight excluding hydrogens is 318 g/mol. The molecule has 0 aliphatic carbocycles. The van der Waals surface area contributed by atoms with Crippen molar-refractivity contribution in [2.45, 2.75) is 6.92 Å². The molecule has 1 aromatic heterocycles. The predicted molar refractivity (Wildman–Crippen MR) is 88.5 cm³/mol. The number of carbonyl (C=O) groups is 1. The zero-order valence-corrected chi connectivity index (χ0v) is 13.5. The number of rotatable bonds is 6. The summed E-state index contributed by atoms with van der Waals surface area (Å²) >= 11 is 5.85. The number of amides is 1. The van der Waals surface area contributed by atoms with Crippen LogP contribution < -0.4 is 14.9 Å². The van der Waals surface area contributed by atoms with Gasteiger partial charge in [0.05, 0.1) is 25.5 Å². The number of carbonyl (C=O) groups excluding carboxylic acids is 1. The number of aromatic nitrogens is 1. The minimum absolute atomic E-state index is 0.128. The summed E-state index contributed by atoms with van der Waals surface area (Å²) < 4.78 is 10.7. The fourth-order valence-corrected chi connectivity index (χ4v) is 2.03. The van der Waals surface area contributed by atoms with E-state index in [0.717, 1.165) is 5.56 Å². The lowest BCUT2D eigenvalue weighted by Crippen LogP contribution is -2.18. The number of nitrogens with one attached hydrogen (secondary N) is 1. The van der Waals surface area contributed by atoms with Crippen LogP contribution in [-0.2, 0) is 0 Å². The Morgan fingerprint density at radius 2 is 2.22 bits per heavy atom. The van der Waals surface area contributed by atoms with E-state index in [0.29, 0.717) is 18.1 Å². The lowest BCUT2D eigenvalue weighted by Gasteiger charge is -2.09. The predicted octanol–water partition coefficient (Wildman–Crippen LogP) is 2.91. The Morgan fingerprint density at radius 1 is 1.39 bits per heavy atom. The number of ether oxygens (including phenoxy) is 2. The molecule has 1 aromatic carbocycles. The molecule has 0 saturated heterocycles. The number of nitrogens with zero attached hydrogens (tertiary/aromatic N) is 2. The number of benzene rings is 1. The Morgan fingerprint density at radius 3 is 2.91 bits per heavy atom. The summed E-state index contributed by atoms with van der Waals surface area (Å²) in [6.07, 6.45) is 3.01. The van der Waals surface area contributed by atoms with Gasteiger partial charge in [0.25, 0.3) is 5.91 Å². The van der Waals surface area contributed by atoms with E-state index in [1.165, 1.54) is 12.4 Å². The van der Waals surface area contributed by atoms with Crippen molar-refractivity contribution in [3.63, 3.8) is 0 Å². The fraction of sp³-hybridized carbons (Fsp3) is 0.188. The zero-order valence-electron chi connectivity index (χ0n) is 12.7. The van der Waals surface area contributed by atoms with Crippen molar-refractivity contribution in [3.05, 3.63) is 52.8 Å². The van der Waals surface area contributed by atoms with Gasteiger partial charge < -0.3 is 9.47 Å². The minimum atomic E-state index is -0.433. The van der Waals surface area contributed by atoms with Gasteiger partial charge in [0.1, 0.15) is 5.15 Å². The molecule has 0 fully saturated rings. The van der Waals surface area contributed by atoms with E-state index < -0.39 is 5.91 Å². The van der Waals surface area contributed by atoms with E-state index in [-0.39, 0.29) is 10.7 Å². The molecule has 0 bridgehead atoms. The number of hydrazone groups is 1. The average molecular weight is 334 g/mol. The zero-order chi connectivity index (χ0) is 16.7. The van der Waals surface area contributed by atoms with Crippen LogP contribution in [0.25, 0.3) is 0 Å². The topological polar surface area (TPSA) is 72.8 Å². The molecule has 0 aliphatic rings. The van der Waals surface area contributed by atoms with Crippen LogP contribution >= 0.6 is 11.6 Å². The van der Waals surface area contributed by atoms with Crippen molar-refractivity contribution in [3.8, 4) is 11.5 Å². The van der Waals surface area contributed by atoms with Crippen molar-refractivity contribution in [1.82, 2.24) is 10.4 Å². The Bertz CT molecular complexity index is 719. The maximum Gasteiger partial charge on any atom is 0.274 e. The van der Waals surface area contributed by atoms with Gasteiger partial charge in [-0.15, -0.1) is 0 Å². The van der Waals surface area contributed by atoms with Gasteiger partial charge in [-0.1, -0.05) is 11.6 Å². The molecular formula is C16H16ClN3O3. The Kier molecular flexibility index (Phi) is 5.94. The maximum atomic E-state index is 11.9. The van der Waals surface area contributed by atoms with E-state index in [1.807, 2.05) is 6.92 Å². The summed E-state index contributed by atoms with van der Waals surface area (Å²) in [6.45, 7) is 2.44. The molecule has 23 heavy (non-hydrogen) atoms. The summed E-state index contributed by atoms with van der Waals surface area (Å²) in [4.78, 5) is 15.8. The quantitative estimate of drug-likeness (QED) is 0.501. The van der Waals surface area contributed by atoms with Gasteiger partial charge >= 0.3 is 0 Å². The van der Waals surface area contributed by atoms with Gasteiger partial charge in [-0.25, -0.2) is 10.4 Å². The lowest BCUT2D eigenvalue weighted by atomic mass is 10.2. The number of hydrogen-bond donors (Lipinski definition) is 1. The Hall–Kier alpha value is -2.60. The molecule has 120 valence electrons. The van der Waals surface area contributed by atoms with Crippen LogP contribution in [-0.4, -0.2) is 30.8 Å². The molecule has 2 aromatic rings. The highest BCUT2D eigenvalue weighted by Gasteiger charge is 2.09. The van der Waals surface area contributed by atoms with E-state index >= 15 is 0 Å². The van der Waals surface area contributed by atoms with Crippen LogP contribution in [0.1, 0.15) is 22.8 Å². The van der Waals surface area contributed by atoms with Gasteiger partial charge in [-0.05, 0) is 42.8 Å². The summed E-state index contributed by atoms with van der Waals surface area (Å²) in [5, 5.41) is 4.03. The Balaban J connectivity index is 2.06. The van der Waals surface area contributed by atoms with Crippen molar-refractivity contribution < 1.29 is 14.3 Å². The van der Waals surface area contributed by atoms with Gasteiger partial charge in [-0.3, -0.25) is 4.79 Å². The number of pyridine rings is 1. The van der Waals surface area contributed by atoms with Gasteiger partial charge in [0.15, 0.2) is 11.5 Å². The summed E-state index contributed by atoms with van der Waals surface area (Å²) in [5.74, 6) is 0.813.